The number of piperidine rings is 1. The number of amides is 1. The molecule has 4 nitrogen and oxygen atoms in total. The van der Waals surface area contributed by atoms with Crippen LogP contribution in [0, 0.1) is 0 Å². The van der Waals surface area contributed by atoms with Crippen molar-refractivity contribution < 1.29 is 14.6 Å². The summed E-state index contributed by atoms with van der Waals surface area (Å²) in [5.41, 5.74) is 0. The largest absolute Gasteiger partial charge is 0.453 e. The molecule has 1 amide bonds. The molecule has 0 saturated carbocycles. The second-order valence-electron chi connectivity index (χ2n) is 3.90. The van der Waals surface area contributed by atoms with E-state index in [9.17, 15) is 9.90 Å². The molecule has 0 bridgehead atoms. The molecule has 0 aromatic heterocycles. The van der Waals surface area contributed by atoms with E-state index >= 15 is 0 Å². The molecule has 4 heteroatoms. The van der Waals surface area contributed by atoms with Crippen molar-refractivity contribution in [1.29, 1.82) is 0 Å². The smallest absolute Gasteiger partial charge is 0.409 e. The van der Waals surface area contributed by atoms with Gasteiger partial charge in [0.05, 0.1) is 13.2 Å². The van der Waals surface area contributed by atoms with Crippen LogP contribution in [0.5, 0.6) is 0 Å². The minimum atomic E-state index is -0.356. The lowest BCUT2D eigenvalue weighted by Crippen LogP contribution is -2.44. The Labute approximate surface area is 84.8 Å². The Bertz CT molecular complexity index is 194. The lowest BCUT2D eigenvalue weighted by molar-refractivity contribution is 0.0668. The molecule has 1 rings (SSSR count). The summed E-state index contributed by atoms with van der Waals surface area (Å²) in [6.07, 6.45) is 3.16. The molecule has 1 heterocycles. The average molecular weight is 201 g/mol. The summed E-state index contributed by atoms with van der Waals surface area (Å²) in [6.45, 7) is 2.51. The van der Waals surface area contributed by atoms with Crippen molar-refractivity contribution in [3.63, 3.8) is 0 Å². The maximum absolute atomic E-state index is 11.4. The van der Waals surface area contributed by atoms with Crippen LogP contribution in [0.2, 0.25) is 0 Å². The number of rotatable bonds is 2. The monoisotopic (exact) mass is 201 g/mol. The highest BCUT2D eigenvalue weighted by atomic mass is 16.5. The Hall–Kier alpha value is -0.770. The molecule has 1 N–H and O–H groups in total. The normalized spacial score (nSPS) is 24.5. The number of hydrogen-bond acceptors (Lipinski definition) is 3. The second kappa shape index (κ2) is 5.20. The van der Waals surface area contributed by atoms with Crippen LogP contribution in [0.3, 0.4) is 0 Å². The number of hydrogen-bond donors (Lipinski definition) is 1. The predicted molar refractivity (Wildman–Crippen MR) is 53.0 cm³/mol. The van der Waals surface area contributed by atoms with Gasteiger partial charge in [0.15, 0.2) is 0 Å². The van der Waals surface area contributed by atoms with Crippen LogP contribution in [-0.2, 0) is 4.74 Å². The van der Waals surface area contributed by atoms with E-state index in [4.69, 9.17) is 4.74 Å². The summed E-state index contributed by atoms with van der Waals surface area (Å²) >= 11 is 0. The van der Waals surface area contributed by atoms with E-state index in [0.717, 1.165) is 25.8 Å². The van der Waals surface area contributed by atoms with E-state index in [1.807, 2.05) is 0 Å². The lowest BCUT2D eigenvalue weighted by Gasteiger charge is -2.35. The molecule has 0 spiro atoms. The lowest BCUT2D eigenvalue weighted by atomic mass is 9.98. The fraction of sp³-hybridized carbons (Fsp3) is 0.900. The van der Waals surface area contributed by atoms with Crippen LogP contribution in [0.1, 0.15) is 32.6 Å². The highest BCUT2D eigenvalue weighted by Gasteiger charge is 2.27. The molecule has 2 atom stereocenters. The van der Waals surface area contributed by atoms with E-state index in [1.54, 1.807) is 11.8 Å². The molecule has 1 saturated heterocycles. The molecule has 82 valence electrons. The molecule has 1 aliphatic heterocycles. The molecular formula is C10H19NO3. The summed E-state index contributed by atoms with van der Waals surface area (Å²) in [7, 11) is 1.40. The third kappa shape index (κ3) is 2.87. The van der Waals surface area contributed by atoms with Gasteiger partial charge < -0.3 is 14.7 Å². The van der Waals surface area contributed by atoms with Crippen LogP contribution < -0.4 is 0 Å². The fourth-order valence-corrected chi connectivity index (χ4v) is 2.00. The summed E-state index contributed by atoms with van der Waals surface area (Å²) in [5, 5.41) is 9.30. The van der Waals surface area contributed by atoms with Crippen molar-refractivity contribution in [3.8, 4) is 0 Å². The van der Waals surface area contributed by atoms with Gasteiger partial charge in [-0.3, -0.25) is 0 Å². The van der Waals surface area contributed by atoms with E-state index in [1.165, 1.54) is 7.11 Å². The SMILES string of the molecule is COC(=O)N1CCCCC1CC(C)O. The van der Waals surface area contributed by atoms with Gasteiger partial charge in [-0.25, -0.2) is 4.79 Å². The third-order valence-corrected chi connectivity index (χ3v) is 2.65. The Kier molecular flexibility index (Phi) is 4.20. The average Bonchev–Trinajstić information content (AvgIpc) is 2.16. The maximum Gasteiger partial charge on any atom is 0.409 e. The Morgan fingerprint density at radius 2 is 2.36 bits per heavy atom. The van der Waals surface area contributed by atoms with Crippen molar-refractivity contribution in [3.05, 3.63) is 0 Å². The minimum absolute atomic E-state index is 0.149. The number of methoxy groups -OCH3 is 1. The van der Waals surface area contributed by atoms with Gasteiger partial charge in [-0.15, -0.1) is 0 Å². The van der Waals surface area contributed by atoms with E-state index < -0.39 is 0 Å². The van der Waals surface area contributed by atoms with Gasteiger partial charge in [0, 0.05) is 12.6 Å². The third-order valence-electron chi connectivity index (χ3n) is 2.65. The second-order valence-corrected chi connectivity index (χ2v) is 3.90. The predicted octanol–water partition coefficient (Wildman–Crippen LogP) is 1.38. The van der Waals surface area contributed by atoms with Crippen LogP contribution >= 0.6 is 0 Å². The van der Waals surface area contributed by atoms with Crippen LogP contribution in [-0.4, -0.2) is 41.9 Å². The highest BCUT2D eigenvalue weighted by Crippen LogP contribution is 2.21. The zero-order valence-electron chi connectivity index (χ0n) is 8.90. The van der Waals surface area contributed by atoms with Crippen molar-refractivity contribution in [2.45, 2.75) is 44.8 Å². The molecule has 0 radical (unpaired) electrons. The van der Waals surface area contributed by atoms with Gasteiger partial charge >= 0.3 is 6.09 Å². The van der Waals surface area contributed by atoms with Crippen molar-refractivity contribution >= 4 is 6.09 Å². The first-order valence-corrected chi connectivity index (χ1v) is 5.17. The minimum Gasteiger partial charge on any atom is -0.453 e. The van der Waals surface area contributed by atoms with Gasteiger partial charge in [0.1, 0.15) is 0 Å². The Balaban J connectivity index is 2.54. The molecule has 1 aliphatic rings. The Morgan fingerprint density at radius 3 is 2.93 bits per heavy atom. The van der Waals surface area contributed by atoms with E-state index in [2.05, 4.69) is 0 Å². The van der Waals surface area contributed by atoms with Crippen LogP contribution in [0.4, 0.5) is 4.79 Å². The highest BCUT2D eigenvalue weighted by molar-refractivity contribution is 5.67. The first kappa shape index (κ1) is 11.3. The zero-order chi connectivity index (χ0) is 10.6. The van der Waals surface area contributed by atoms with Gasteiger partial charge in [0.25, 0.3) is 0 Å². The summed E-state index contributed by atoms with van der Waals surface area (Å²) in [6, 6.07) is 0.149. The molecule has 2 unspecified atom stereocenters. The number of carbonyl (C=O) groups excluding carboxylic acids is 1. The van der Waals surface area contributed by atoms with Gasteiger partial charge in [-0.2, -0.15) is 0 Å². The zero-order valence-corrected chi connectivity index (χ0v) is 8.90. The number of nitrogens with zero attached hydrogens (tertiary/aromatic N) is 1. The van der Waals surface area contributed by atoms with E-state index in [0.29, 0.717) is 6.42 Å². The quantitative estimate of drug-likeness (QED) is 0.734. The molecule has 14 heavy (non-hydrogen) atoms. The van der Waals surface area contributed by atoms with Crippen molar-refractivity contribution in [2.75, 3.05) is 13.7 Å². The van der Waals surface area contributed by atoms with Crippen LogP contribution in [0.15, 0.2) is 0 Å². The molecular weight excluding hydrogens is 182 g/mol. The molecule has 1 fully saturated rings. The van der Waals surface area contributed by atoms with Crippen molar-refractivity contribution in [1.82, 2.24) is 4.90 Å². The molecule has 0 aromatic carbocycles. The number of aliphatic hydroxyl groups excluding tert-OH is 1. The summed E-state index contributed by atoms with van der Waals surface area (Å²) in [5.74, 6) is 0. The van der Waals surface area contributed by atoms with Crippen molar-refractivity contribution in [2.24, 2.45) is 0 Å². The summed E-state index contributed by atoms with van der Waals surface area (Å²) < 4.78 is 4.71. The van der Waals surface area contributed by atoms with Gasteiger partial charge in [-0.05, 0) is 32.6 Å². The van der Waals surface area contributed by atoms with Crippen LogP contribution in [0.25, 0.3) is 0 Å². The standard InChI is InChI=1S/C10H19NO3/c1-8(12)7-9-5-3-4-6-11(9)10(13)14-2/h8-9,12H,3-7H2,1-2H3. The summed E-state index contributed by atoms with van der Waals surface area (Å²) in [4.78, 5) is 13.1. The number of aliphatic hydroxyl groups is 1. The topological polar surface area (TPSA) is 49.8 Å². The number of ether oxygens (including phenoxy) is 1. The fourth-order valence-electron chi connectivity index (χ4n) is 2.00. The molecule has 0 aliphatic carbocycles. The maximum atomic E-state index is 11.4. The van der Waals surface area contributed by atoms with Gasteiger partial charge in [0.2, 0.25) is 0 Å². The molecule has 0 aromatic rings. The van der Waals surface area contributed by atoms with Gasteiger partial charge in [-0.1, -0.05) is 0 Å². The number of carbonyl (C=O) groups is 1. The Morgan fingerprint density at radius 1 is 1.64 bits per heavy atom. The number of likely N-dealkylation sites (tertiary alicyclic amines) is 1. The first-order chi connectivity index (χ1) is 6.65. The first-order valence-electron chi connectivity index (χ1n) is 5.17. The van der Waals surface area contributed by atoms with E-state index in [-0.39, 0.29) is 18.2 Å².